The van der Waals surface area contributed by atoms with Crippen molar-refractivity contribution in [2.45, 2.75) is 6.92 Å². The van der Waals surface area contributed by atoms with Crippen LogP contribution in [0, 0.1) is 6.92 Å². The zero-order valence-corrected chi connectivity index (χ0v) is 10.2. The second-order valence-electron chi connectivity index (χ2n) is 3.67. The van der Waals surface area contributed by atoms with Gasteiger partial charge in [0.1, 0.15) is 6.61 Å². The van der Waals surface area contributed by atoms with Gasteiger partial charge in [-0.25, -0.2) is 4.79 Å². The summed E-state index contributed by atoms with van der Waals surface area (Å²) < 4.78 is 4.86. The molecule has 5 heteroatoms. The summed E-state index contributed by atoms with van der Waals surface area (Å²) in [7, 11) is 0. The average molecular weight is 253 g/mol. The highest BCUT2D eigenvalue weighted by molar-refractivity contribution is 6.18. The minimum atomic E-state index is -0.489. The van der Waals surface area contributed by atoms with E-state index >= 15 is 0 Å². The number of aryl methyl sites for hydroxylation is 1. The van der Waals surface area contributed by atoms with Crippen molar-refractivity contribution < 1.29 is 9.53 Å². The van der Waals surface area contributed by atoms with E-state index in [1.807, 2.05) is 31.2 Å². The largest absolute Gasteiger partial charge is 0.448 e. The van der Waals surface area contributed by atoms with Gasteiger partial charge in [-0.2, -0.15) is 0 Å². The Labute approximate surface area is 104 Å². The standard InChI is InChI=1S/C12H13ClN2O2/c1-8-7-9-10(14-8)3-2-4-11(9)15-12(16)17-6-5-13/h2-4,7,14H,5-6H2,1H3,(H,15,16). The van der Waals surface area contributed by atoms with Gasteiger partial charge in [-0.15, -0.1) is 11.6 Å². The first kappa shape index (κ1) is 11.8. The summed E-state index contributed by atoms with van der Waals surface area (Å²) in [5, 5.41) is 3.66. The van der Waals surface area contributed by atoms with E-state index in [1.54, 1.807) is 0 Å². The molecule has 4 nitrogen and oxygen atoms in total. The molecule has 2 N–H and O–H groups in total. The number of alkyl halides is 1. The molecule has 2 aromatic rings. The maximum Gasteiger partial charge on any atom is 0.411 e. The van der Waals surface area contributed by atoms with Crippen LogP contribution in [0.5, 0.6) is 0 Å². The monoisotopic (exact) mass is 252 g/mol. The fraction of sp³-hybridized carbons (Fsp3) is 0.250. The summed E-state index contributed by atoms with van der Waals surface area (Å²) in [4.78, 5) is 14.6. The number of nitrogens with one attached hydrogen (secondary N) is 2. The summed E-state index contributed by atoms with van der Waals surface area (Å²) in [5.41, 5.74) is 2.76. The highest BCUT2D eigenvalue weighted by Crippen LogP contribution is 2.24. The molecule has 90 valence electrons. The Bertz CT molecular complexity index is 536. The van der Waals surface area contributed by atoms with Gasteiger partial charge in [0.05, 0.1) is 11.6 Å². The molecule has 1 amide bonds. The number of H-pyrrole nitrogens is 1. The number of amides is 1. The van der Waals surface area contributed by atoms with Gasteiger partial charge >= 0.3 is 6.09 Å². The molecular formula is C12H13ClN2O2. The maximum atomic E-state index is 11.4. The number of hydrogen-bond donors (Lipinski definition) is 2. The SMILES string of the molecule is Cc1cc2c(NC(=O)OCCCl)cccc2[nH]1. The number of anilines is 1. The third kappa shape index (κ3) is 2.71. The van der Waals surface area contributed by atoms with Crippen molar-refractivity contribution in [3.63, 3.8) is 0 Å². The van der Waals surface area contributed by atoms with Crippen LogP contribution in [0.25, 0.3) is 10.9 Å². The normalized spacial score (nSPS) is 10.5. The maximum absolute atomic E-state index is 11.4. The van der Waals surface area contributed by atoms with Crippen LogP contribution in [0.4, 0.5) is 10.5 Å². The molecule has 0 saturated carbocycles. The number of aromatic nitrogens is 1. The molecule has 17 heavy (non-hydrogen) atoms. The van der Waals surface area contributed by atoms with Gasteiger partial charge in [0, 0.05) is 16.6 Å². The Balaban J connectivity index is 2.20. The molecule has 0 aliphatic heterocycles. The number of carbonyl (C=O) groups is 1. The van der Waals surface area contributed by atoms with Crippen LogP contribution in [0.2, 0.25) is 0 Å². The summed E-state index contributed by atoms with van der Waals surface area (Å²) in [5.74, 6) is 0.293. The van der Waals surface area contributed by atoms with Crippen LogP contribution in [-0.2, 0) is 4.74 Å². The van der Waals surface area contributed by atoms with Crippen LogP contribution in [0.3, 0.4) is 0 Å². The number of rotatable bonds is 3. The van der Waals surface area contributed by atoms with E-state index < -0.39 is 6.09 Å². The number of hydrogen-bond acceptors (Lipinski definition) is 2. The smallest absolute Gasteiger partial charge is 0.411 e. The fourth-order valence-electron chi connectivity index (χ4n) is 1.68. The van der Waals surface area contributed by atoms with Crippen molar-refractivity contribution in [1.29, 1.82) is 0 Å². The molecule has 1 heterocycles. The molecule has 0 spiro atoms. The van der Waals surface area contributed by atoms with Gasteiger partial charge in [0.15, 0.2) is 0 Å². The lowest BCUT2D eigenvalue weighted by molar-refractivity contribution is 0.168. The predicted octanol–water partition coefficient (Wildman–Crippen LogP) is 3.26. The quantitative estimate of drug-likeness (QED) is 0.824. The third-order valence-corrected chi connectivity index (χ3v) is 2.50. The summed E-state index contributed by atoms with van der Waals surface area (Å²) in [6.07, 6.45) is -0.489. The molecule has 0 atom stereocenters. The fourth-order valence-corrected chi connectivity index (χ4v) is 1.76. The minimum absolute atomic E-state index is 0.204. The third-order valence-electron chi connectivity index (χ3n) is 2.35. The first-order chi connectivity index (χ1) is 8.20. The Morgan fingerprint density at radius 1 is 1.53 bits per heavy atom. The summed E-state index contributed by atoms with van der Waals surface area (Å²) in [6, 6.07) is 7.64. The van der Waals surface area contributed by atoms with Crippen molar-refractivity contribution in [1.82, 2.24) is 4.98 Å². The highest BCUT2D eigenvalue weighted by atomic mass is 35.5. The lowest BCUT2D eigenvalue weighted by Crippen LogP contribution is -2.14. The first-order valence-electron chi connectivity index (χ1n) is 5.29. The average Bonchev–Trinajstić information content (AvgIpc) is 2.68. The van der Waals surface area contributed by atoms with Gasteiger partial charge in [0.25, 0.3) is 0 Å². The number of benzene rings is 1. The topological polar surface area (TPSA) is 54.1 Å². The number of halogens is 1. The molecule has 0 radical (unpaired) electrons. The van der Waals surface area contributed by atoms with E-state index in [9.17, 15) is 4.79 Å². The van der Waals surface area contributed by atoms with Crippen molar-refractivity contribution in [2.24, 2.45) is 0 Å². The summed E-state index contributed by atoms with van der Waals surface area (Å²) in [6.45, 7) is 2.17. The van der Waals surface area contributed by atoms with Gasteiger partial charge in [-0.05, 0) is 25.1 Å². The highest BCUT2D eigenvalue weighted by Gasteiger charge is 2.07. The lowest BCUT2D eigenvalue weighted by atomic mass is 10.2. The predicted molar refractivity (Wildman–Crippen MR) is 68.7 cm³/mol. The molecular weight excluding hydrogens is 240 g/mol. The minimum Gasteiger partial charge on any atom is -0.448 e. The lowest BCUT2D eigenvalue weighted by Gasteiger charge is -2.06. The van der Waals surface area contributed by atoms with Gasteiger partial charge in [-0.3, -0.25) is 5.32 Å². The van der Waals surface area contributed by atoms with E-state index in [-0.39, 0.29) is 6.61 Å². The zero-order valence-electron chi connectivity index (χ0n) is 9.42. The van der Waals surface area contributed by atoms with E-state index in [1.165, 1.54) is 0 Å². The van der Waals surface area contributed by atoms with E-state index in [0.29, 0.717) is 5.88 Å². The van der Waals surface area contributed by atoms with Crippen LogP contribution >= 0.6 is 11.6 Å². The first-order valence-corrected chi connectivity index (χ1v) is 5.82. The summed E-state index contributed by atoms with van der Waals surface area (Å²) >= 11 is 5.44. The van der Waals surface area contributed by atoms with Crippen molar-refractivity contribution >= 4 is 34.3 Å². The van der Waals surface area contributed by atoms with E-state index in [0.717, 1.165) is 22.3 Å². The van der Waals surface area contributed by atoms with Gasteiger partial charge in [-0.1, -0.05) is 6.07 Å². The van der Waals surface area contributed by atoms with Crippen molar-refractivity contribution in [2.75, 3.05) is 17.8 Å². The van der Waals surface area contributed by atoms with E-state index in [2.05, 4.69) is 10.3 Å². The van der Waals surface area contributed by atoms with Crippen molar-refractivity contribution in [3.05, 3.63) is 30.0 Å². The molecule has 0 aliphatic rings. The Morgan fingerprint density at radius 2 is 2.35 bits per heavy atom. The zero-order chi connectivity index (χ0) is 12.3. The van der Waals surface area contributed by atoms with Gasteiger partial charge in [0.2, 0.25) is 0 Å². The second-order valence-corrected chi connectivity index (χ2v) is 4.05. The number of aromatic amines is 1. The molecule has 1 aromatic heterocycles. The van der Waals surface area contributed by atoms with Crippen LogP contribution < -0.4 is 5.32 Å². The number of carbonyl (C=O) groups excluding carboxylic acids is 1. The molecule has 1 aromatic carbocycles. The molecule has 0 fully saturated rings. The molecule has 0 bridgehead atoms. The molecule has 0 saturated heterocycles. The molecule has 2 rings (SSSR count). The number of fused-ring (bicyclic) bond motifs is 1. The Hall–Kier alpha value is -1.68. The van der Waals surface area contributed by atoms with Crippen LogP contribution in [0.1, 0.15) is 5.69 Å². The molecule has 0 aliphatic carbocycles. The van der Waals surface area contributed by atoms with Crippen LogP contribution in [-0.4, -0.2) is 23.6 Å². The van der Waals surface area contributed by atoms with Gasteiger partial charge < -0.3 is 9.72 Å². The second kappa shape index (κ2) is 5.10. The Kier molecular flexibility index (Phi) is 3.54. The van der Waals surface area contributed by atoms with Crippen LogP contribution in [0.15, 0.2) is 24.3 Å². The van der Waals surface area contributed by atoms with Crippen molar-refractivity contribution in [3.8, 4) is 0 Å². The molecule has 0 unspecified atom stereocenters. The Morgan fingerprint density at radius 3 is 3.12 bits per heavy atom. The number of ether oxygens (including phenoxy) is 1. The van der Waals surface area contributed by atoms with E-state index in [4.69, 9.17) is 16.3 Å².